The largest absolute Gasteiger partial charge is 0.294 e. The van der Waals surface area contributed by atoms with Crippen LogP contribution in [0.3, 0.4) is 0 Å². The third-order valence-corrected chi connectivity index (χ3v) is 8.20. The molecule has 2 aliphatic rings. The molecule has 2 saturated heterocycles. The van der Waals surface area contributed by atoms with E-state index in [0.29, 0.717) is 22.3 Å². The molecule has 0 amide bonds. The van der Waals surface area contributed by atoms with Crippen molar-refractivity contribution in [3.63, 3.8) is 0 Å². The fourth-order valence-electron chi connectivity index (χ4n) is 5.39. The highest BCUT2D eigenvalue weighted by atomic mass is 15.3. The van der Waals surface area contributed by atoms with Crippen LogP contribution in [0, 0.1) is 28.1 Å². The van der Waals surface area contributed by atoms with E-state index in [1.54, 1.807) is 0 Å². The summed E-state index contributed by atoms with van der Waals surface area (Å²) in [6, 6.07) is 2.11. The van der Waals surface area contributed by atoms with Gasteiger partial charge in [0.05, 0.1) is 0 Å². The van der Waals surface area contributed by atoms with E-state index in [4.69, 9.17) is 0 Å². The van der Waals surface area contributed by atoms with Crippen LogP contribution in [0.4, 0.5) is 0 Å². The van der Waals surface area contributed by atoms with Gasteiger partial charge in [0, 0.05) is 18.1 Å². The Morgan fingerprint density at radius 2 is 1.14 bits per heavy atom. The van der Waals surface area contributed by atoms with E-state index in [0.717, 1.165) is 23.9 Å². The zero-order chi connectivity index (χ0) is 16.4. The summed E-state index contributed by atoms with van der Waals surface area (Å²) in [6.45, 7) is 24.9. The molecule has 2 unspecified atom stereocenters. The first kappa shape index (κ1) is 17.3. The van der Waals surface area contributed by atoms with E-state index < -0.39 is 0 Å². The average Bonchev–Trinajstić information content (AvgIpc) is 2.35. The number of nitrogens with zero attached hydrogens (tertiary/aromatic N) is 1. The monoisotopic (exact) mass is 293 g/mol. The predicted octanol–water partition coefficient (Wildman–Crippen LogP) is 5.59. The highest BCUT2D eigenvalue weighted by molar-refractivity contribution is 5.15. The molecule has 0 N–H and O–H groups in total. The fraction of sp³-hybridized carbons (Fsp3) is 1.00. The Morgan fingerprint density at radius 1 is 0.762 bits per heavy atom. The third kappa shape index (κ3) is 2.21. The van der Waals surface area contributed by atoms with E-state index >= 15 is 0 Å². The minimum atomic E-state index is 0.352. The topological polar surface area (TPSA) is 3.24 Å². The van der Waals surface area contributed by atoms with E-state index in [9.17, 15) is 0 Å². The van der Waals surface area contributed by atoms with Gasteiger partial charge in [0.25, 0.3) is 0 Å². The molecule has 2 aliphatic heterocycles. The van der Waals surface area contributed by atoms with Crippen LogP contribution < -0.4 is 0 Å². The molecule has 124 valence electrons. The third-order valence-electron chi connectivity index (χ3n) is 8.20. The maximum Gasteiger partial charge on any atom is 0.0160 e. The number of piperidine rings is 2. The predicted molar refractivity (Wildman–Crippen MR) is 93.5 cm³/mol. The van der Waals surface area contributed by atoms with Crippen LogP contribution in [0.5, 0.6) is 0 Å². The zero-order valence-corrected chi connectivity index (χ0v) is 16.2. The molecule has 0 spiro atoms. The lowest BCUT2D eigenvalue weighted by Crippen LogP contribution is -2.73. The Kier molecular flexibility index (Phi) is 4.11. The number of hydrogen-bond acceptors (Lipinski definition) is 1. The molecule has 2 rings (SSSR count). The van der Waals surface area contributed by atoms with Gasteiger partial charge < -0.3 is 0 Å². The second-order valence-corrected chi connectivity index (χ2v) is 10.1. The molecule has 1 nitrogen and oxygen atoms in total. The molecule has 0 aromatic carbocycles. The maximum atomic E-state index is 2.89. The Bertz CT molecular complexity index is 361. The summed E-state index contributed by atoms with van der Waals surface area (Å²) in [7, 11) is 0. The van der Waals surface area contributed by atoms with Gasteiger partial charge >= 0.3 is 0 Å². The lowest BCUT2D eigenvalue weighted by atomic mass is 9.44. The summed E-state index contributed by atoms with van der Waals surface area (Å²) < 4.78 is 0. The molecule has 1 heteroatoms. The standard InChI is InChI=1S/C20H39N/c1-13(2)15-11-16-18(5,6)20(9,10)19(7,8)17(12-15)21(16)14(3)4/h13-17H,11-12H2,1-10H3. The molecule has 2 heterocycles. The van der Waals surface area contributed by atoms with Crippen LogP contribution in [0.15, 0.2) is 0 Å². The average molecular weight is 294 g/mol. The summed E-state index contributed by atoms with van der Waals surface area (Å²) in [5, 5.41) is 0. The van der Waals surface area contributed by atoms with Crippen molar-refractivity contribution < 1.29 is 0 Å². The van der Waals surface area contributed by atoms with Crippen LogP contribution in [0.2, 0.25) is 0 Å². The molecular weight excluding hydrogens is 254 g/mol. The van der Waals surface area contributed by atoms with Gasteiger partial charge in [-0.2, -0.15) is 0 Å². The van der Waals surface area contributed by atoms with Crippen molar-refractivity contribution in [3.05, 3.63) is 0 Å². The highest BCUT2D eigenvalue weighted by Gasteiger charge is 2.64. The Balaban J connectivity index is 2.55. The van der Waals surface area contributed by atoms with Crippen molar-refractivity contribution in [2.24, 2.45) is 28.1 Å². The van der Waals surface area contributed by atoms with Crippen LogP contribution >= 0.6 is 0 Å². The summed E-state index contributed by atoms with van der Waals surface area (Å²) in [6.07, 6.45) is 2.78. The quantitative estimate of drug-likeness (QED) is 0.641. The van der Waals surface area contributed by atoms with Crippen molar-refractivity contribution in [3.8, 4) is 0 Å². The summed E-state index contributed by atoms with van der Waals surface area (Å²) in [5.41, 5.74) is 1.07. The molecule has 0 saturated carbocycles. The van der Waals surface area contributed by atoms with Gasteiger partial charge in [-0.15, -0.1) is 0 Å². The first-order valence-corrected chi connectivity index (χ1v) is 9.13. The SMILES string of the molecule is CC(C)C1CC2N(C(C)C)C(C1)C(C)(C)C(C)(C)C2(C)C. The second-order valence-electron chi connectivity index (χ2n) is 10.1. The minimum Gasteiger partial charge on any atom is -0.294 e. The highest BCUT2D eigenvalue weighted by Crippen LogP contribution is 2.64. The van der Waals surface area contributed by atoms with Crippen molar-refractivity contribution in [2.45, 2.75) is 100 Å². The summed E-state index contributed by atoms with van der Waals surface area (Å²) >= 11 is 0. The summed E-state index contributed by atoms with van der Waals surface area (Å²) in [4.78, 5) is 2.89. The van der Waals surface area contributed by atoms with Gasteiger partial charge in [0.15, 0.2) is 0 Å². The van der Waals surface area contributed by atoms with Gasteiger partial charge in [-0.25, -0.2) is 0 Å². The van der Waals surface area contributed by atoms with Crippen molar-refractivity contribution in [2.75, 3.05) is 0 Å². The van der Waals surface area contributed by atoms with Crippen LogP contribution in [-0.4, -0.2) is 23.0 Å². The van der Waals surface area contributed by atoms with Crippen molar-refractivity contribution in [1.82, 2.24) is 4.90 Å². The number of hydrogen-bond donors (Lipinski definition) is 0. The van der Waals surface area contributed by atoms with Crippen LogP contribution in [0.25, 0.3) is 0 Å². The molecule has 2 bridgehead atoms. The lowest BCUT2D eigenvalue weighted by molar-refractivity contribution is -0.217. The van der Waals surface area contributed by atoms with Crippen LogP contribution in [0.1, 0.15) is 82.1 Å². The number of fused-ring (bicyclic) bond motifs is 2. The minimum absolute atomic E-state index is 0.352. The Labute approximate surface area is 133 Å². The summed E-state index contributed by atoms with van der Waals surface area (Å²) in [5.74, 6) is 1.71. The first-order valence-electron chi connectivity index (χ1n) is 9.13. The zero-order valence-electron chi connectivity index (χ0n) is 16.2. The van der Waals surface area contributed by atoms with Crippen LogP contribution in [-0.2, 0) is 0 Å². The van der Waals surface area contributed by atoms with E-state index in [1.807, 2.05) is 0 Å². The Hall–Kier alpha value is -0.0400. The van der Waals surface area contributed by atoms with E-state index in [1.165, 1.54) is 12.8 Å². The lowest BCUT2D eigenvalue weighted by Gasteiger charge is -2.71. The smallest absolute Gasteiger partial charge is 0.0160 e. The fourth-order valence-corrected chi connectivity index (χ4v) is 5.39. The van der Waals surface area contributed by atoms with Gasteiger partial charge in [-0.05, 0) is 54.8 Å². The molecule has 0 aliphatic carbocycles. The van der Waals surface area contributed by atoms with Gasteiger partial charge in [0.1, 0.15) is 0 Å². The molecule has 2 fully saturated rings. The van der Waals surface area contributed by atoms with Crippen molar-refractivity contribution >= 4 is 0 Å². The molecule has 0 radical (unpaired) electrons. The van der Waals surface area contributed by atoms with E-state index in [-0.39, 0.29) is 0 Å². The van der Waals surface area contributed by atoms with Gasteiger partial charge in [-0.1, -0.05) is 55.4 Å². The van der Waals surface area contributed by atoms with Gasteiger partial charge in [-0.3, -0.25) is 4.90 Å². The Morgan fingerprint density at radius 3 is 1.43 bits per heavy atom. The number of rotatable bonds is 2. The first-order chi connectivity index (χ1) is 9.35. The van der Waals surface area contributed by atoms with Crippen molar-refractivity contribution in [1.29, 1.82) is 0 Å². The molecule has 0 aromatic heterocycles. The van der Waals surface area contributed by atoms with Gasteiger partial charge in [0.2, 0.25) is 0 Å². The molecule has 2 atom stereocenters. The maximum absolute atomic E-state index is 2.89. The normalized spacial score (nSPS) is 38.0. The molecule has 0 aromatic rings. The molecule has 21 heavy (non-hydrogen) atoms. The van der Waals surface area contributed by atoms with E-state index in [2.05, 4.69) is 74.1 Å². The molecular formula is C20H39N. The second kappa shape index (κ2) is 4.98.